The van der Waals surface area contributed by atoms with E-state index in [1.807, 2.05) is 4.90 Å². The molecule has 2 aliphatic rings. The van der Waals surface area contributed by atoms with Gasteiger partial charge in [0.1, 0.15) is 11.5 Å². The van der Waals surface area contributed by atoms with Gasteiger partial charge in [-0.2, -0.15) is 0 Å². The van der Waals surface area contributed by atoms with Gasteiger partial charge in [-0.15, -0.1) is 4.90 Å². The highest BCUT2D eigenvalue weighted by molar-refractivity contribution is 6.35. The molecule has 2 aromatic rings. The van der Waals surface area contributed by atoms with E-state index in [-0.39, 0.29) is 23.7 Å². The molecule has 3 amide bonds. The number of nitrogens with zero attached hydrogens (tertiary/aromatic N) is 3. The van der Waals surface area contributed by atoms with Crippen molar-refractivity contribution in [3.63, 3.8) is 0 Å². The standard InChI is InChI=1S/C22H23ClFN5O2/c23-19-13-26-10-7-18(19)20(25)29(17-5-3-15(24)4-6-17)22(31)27-16-8-11-28(12-9-16)21(30)14-1-2-14/h3-7,10,13-14,16,25H,1-2,8-9,11-12H2,(H,27,31)/p+1. The Bertz CT molecular complexity index is 988. The molecule has 3 N–H and O–H groups in total. The number of carbonyl (C=O) groups excluding carboxylic acids is 2. The lowest BCUT2D eigenvalue weighted by Crippen LogP contribution is -2.59. The van der Waals surface area contributed by atoms with Gasteiger partial charge >= 0.3 is 6.03 Å². The minimum Gasteiger partial charge on any atom is -0.342 e. The Morgan fingerprint density at radius 2 is 1.81 bits per heavy atom. The van der Waals surface area contributed by atoms with Crippen LogP contribution in [-0.2, 0) is 4.79 Å². The van der Waals surface area contributed by atoms with Crippen LogP contribution in [0.3, 0.4) is 0 Å². The van der Waals surface area contributed by atoms with Crippen LogP contribution in [0.4, 0.5) is 14.9 Å². The van der Waals surface area contributed by atoms with E-state index in [0.29, 0.717) is 42.2 Å². The number of aromatic nitrogens is 1. The number of urea groups is 1. The van der Waals surface area contributed by atoms with E-state index in [1.165, 1.54) is 41.6 Å². The van der Waals surface area contributed by atoms with Crippen LogP contribution in [0.1, 0.15) is 31.2 Å². The van der Waals surface area contributed by atoms with Crippen LogP contribution in [0, 0.1) is 11.7 Å². The van der Waals surface area contributed by atoms with Crippen molar-refractivity contribution in [3.8, 4) is 0 Å². The van der Waals surface area contributed by atoms with Crippen molar-refractivity contribution in [2.45, 2.75) is 31.7 Å². The van der Waals surface area contributed by atoms with Crippen molar-refractivity contribution in [2.24, 2.45) is 5.92 Å². The summed E-state index contributed by atoms with van der Waals surface area (Å²) in [5.74, 6) is 0.109. The second kappa shape index (κ2) is 9.01. The number of anilines is 1. The summed E-state index contributed by atoms with van der Waals surface area (Å²) in [5, 5.41) is 9.64. The number of piperidine rings is 1. The largest absolute Gasteiger partial charge is 0.414 e. The second-order valence-electron chi connectivity index (χ2n) is 7.88. The first-order chi connectivity index (χ1) is 14.9. The van der Waals surface area contributed by atoms with Gasteiger partial charge in [-0.05, 0) is 56.0 Å². The van der Waals surface area contributed by atoms with Gasteiger partial charge in [0.25, 0.3) is 5.84 Å². The zero-order valence-corrected chi connectivity index (χ0v) is 17.7. The molecule has 162 valence electrons. The van der Waals surface area contributed by atoms with E-state index in [0.717, 1.165) is 12.8 Å². The average molecular weight is 445 g/mol. The summed E-state index contributed by atoms with van der Waals surface area (Å²) in [6, 6.07) is 6.56. The first-order valence-corrected chi connectivity index (χ1v) is 10.7. The summed E-state index contributed by atoms with van der Waals surface area (Å²) in [7, 11) is 0. The quantitative estimate of drug-likeness (QED) is 0.558. The van der Waals surface area contributed by atoms with E-state index in [2.05, 4.69) is 10.3 Å². The Balaban J connectivity index is 1.49. The van der Waals surface area contributed by atoms with Gasteiger partial charge in [0.15, 0.2) is 0 Å². The summed E-state index contributed by atoms with van der Waals surface area (Å²) < 4.78 is 13.5. The maximum Gasteiger partial charge on any atom is 0.414 e. The summed E-state index contributed by atoms with van der Waals surface area (Å²) in [5.41, 5.74) is 0.853. The van der Waals surface area contributed by atoms with Gasteiger partial charge in [0.2, 0.25) is 5.91 Å². The molecule has 4 rings (SSSR count). The number of nitrogens with two attached hydrogens (primary N) is 1. The van der Waals surface area contributed by atoms with Crippen LogP contribution >= 0.6 is 11.6 Å². The van der Waals surface area contributed by atoms with Crippen molar-refractivity contribution in [1.29, 1.82) is 0 Å². The first kappa shape index (κ1) is 21.2. The van der Waals surface area contributed by atoms with Gasteiger partial charge in [-0.25, -0.2) is 9.18 Å². The highest BCUT2D eigenvalue weighted by atomic mass is 35.5. The molecule has 0 radical (unpaired) electrons. The molecule has 0 spiro atoms. The Kier molecular flexibility index (Phi) is 6.18. The predicted molar refractivity (Wildman–Crippen MR) is 115 cm³/mol. The van der Waals surface area contributed by atoms with Gasteiger partial charge in [0, 0.05) is 37.4 Å². The number of nitrogens with one attached hydrogen (secondary N) is 1. The molecule has 1 aliphatic carbocycles. The highest BCUT2D eigenvalue weighted by Gasteiger charge is 2.37. The van der Waals surface area contributed by atoms with Crippen molar-refractivity contribution in [3.05, 3.63) is 59.1 Å². The van der Waals surface area contributed by atoms with Gasteiger partial charge in [-0.1, -0.05) is 11.6 Å². The van der Waals surface area contributed by atoms with E-state index in [1.54, 1.807) is 6.07 Å². The Morgan fingerprint density at radius 1 is 1.13 bits per heavy atom. The Hall–Kier alpha value is -3.00. The molecular formula is C22H24ClFN5O2+. The number of hydrogen-bond donors (Lipinski definition) is 2. The summed E-state index contributed by atoms with van der Waals surface area (Å²) >= 11 is 6.23. The molecule has 0 atom stereocenters. The number of benzene rings is 1. The van der Waals surface area contributed by atoms with Gasteiger partial charge in [-0.3, -0.25) is 15.2 Å². The number of amidine groups is 1. The van der Waals surface area contributed by atoms with Crippen LogP contribution in [0.2, 0.25) is 5.02 Å². The zero-order valence-electron chi connectivity index (χ0n) is 16.9. The SMILES string of the molecule is [NH2+]=C(c1ccncc1Cl)N(C(=O)NC1CCN(C(=O)C2CC2)CC1)c1ccc(F)cc1. The Labute approximate surface area is 184 Å². The third kappa shape index (κ3) is 4.85. The summed E-state index contributed by atoms with van der Waals surface area (Å²) in [6.07, 6.45) is 6.26. The molecule has 1 aromatic carbocycles. The number of carbonyl (C=O) groups is 2. The average Bonchev–Trinajstić information content (AvgIpc) is 3.61. The lowest BCUT2D eigenvalue weighted by atomic mass is 10.0. The predicted octanol–water partition coefficient (Wildman–Crippen LogP) is 2.00. The Morgan fingerprint density at radius 3 is 2.42 bits per heavy atom. The van der Waals surface area contributed by atoms with Crippen molar-refractivity contribution >= 4 is 35.1 Å². The number of pyridine rings is 1. The van der Waals surface area contributed by atoms with E-state index < -0.39 is 11.8 Å². The third-order valence-electron chi connectivity index (χ3n) is 5.64. The molecule has 2 heterocycles. The van der Waals surface area contributed by atoms with Crippen molar-refractivity contribution < 1.29 is 19.4 Å². The van der Waals surface area contributed by atoms with Gasteiger partial charge in [0.05, 0.1) is 10.6 Å². The molecule has 2 fully saturated rings. The zero-order chi connectivity index (χ0) is 22.0. The molecule has 1 saturated heterocycles. The molecule has 0 bridgehead atoms. The highest BCUT2D eigenvalue weighted by Crippen LogP contribution is 2.32. The van der Waals surface area contributed by atoms with Crippen LogP contribution in [0.5, 0.6) is 0 Å². The van der Waals surface area contributed by atoms with Crippen molar-refractivity contribution in [1.82, 2.24) is 15.2 Å². The molecule has 1 aromatic heterocycles. The molecule has 1 saturated carbocycles. The first-order valence-electron chi connectivity index (χ1n) is 10.3. The molecular weight excluding hydrogens is 421 g/mol. The van der Waals surface area contributed by atoms with E-state index in [4.69, 9.17) is 17.0 Å². The number of likely N-dealkylation sites (tertiary alicyclic amines) is 1. The maximum atomic E-state index is 13.5. The lowest BCUT2D eigenvalue weighted by Gasteiger charge is -2.32. The third-order valence-corrected chi connectivity index (χ3v) is 5.94. The van der Waals surface area contributed by atoms with Crippen molar-refractivity contribution in [2.75, 3.05) is 18.0 Å². The molecule has 1 aliphatic heterocycles. The topological polar surface area (TPSA) is 91.1 Å². The van der Waals surface area contributed by atoms with Crippen LogP contribution in [0.25, 0.3) is 0 Å². The monoisotopic (exact) mass is 444 g/mol. The van der Waals surface area contributed by atoms with Crippen LogP contribution < -0.4 is 15.6 Å². The smallest absolute Gasteiger partial charge is 0.342 e. The van der Waals surface area contributed by atoms with Gasteiger partial charge < -0.3 is 10.2 Å². The molecule has 31 heavy (non-hydrogen) atoms. The maximum absolute atomic E-state index is 13.5. The van der Waals surface area contributed by atoms with Crippen LogP contribution in [0.15, 0.2) is 42.7 Å². The molecule has 0 unspecified atom stereocenters. The molecule has 9 heteroatoms. The van der Waals surface area contributed by atoms with E-state index in [9.17, 15) is 14.0 Å². The number of rotatable bonds is 4. The summed E-state index contributed by atoms with van der Waals surface area (Å²) in [6.45, 7) is 1.23. The minimum atomic E-state index is -0.441. The van der Waals surface area contributed by atoms with E-state index >= 15 is 0 Å². The van der Waals surface area contributed by atoms with Crippen LogP contribution in [-0.4, -0.2) is 46.8 Å². The lowest BCUT2D eigenvalue weighted by molar-refractivity contribution is -0.133. The number of halogens is 2. The molecule has 7 nitrogen and oxygen atoms in total. The normalized spacial score (nSPS) is 16.6. The second-order valence-corrected chi connectivity index (χ2v) is 8.28. The fourth-order valence-corrected chi connectivity index (χ4v) is 3.95. The number of amides is 3. The number of hydrogen-bond acceptors (Lipinski definition) is 3. The fourth-order valence-electron chi connectivity index (χ4n) is 3.73. The fraction of sp³-hybridized carbons (Fsp3) is 0.364. The minimum absolute atomic E-state index is 0.0978. The summed E-state index contributed by atoms with van der Waals surface area (Å²) in [4.78, 5) is 32.6.